The van der Waals surface area contributed by atoms with E-state index in [-0.39, 0.29) is 30.0 Å². The van der Waals surface area contributed by atoms with Crippen LogP contribution in [-0.2, 0) is 13.1 Å². The molecule has 2 rings (SSSR count). The fraction of sp³-hybridized carbons (Fsp3) is 0.286. The maximum Gasteiger partial charge on any atom is 0.268 e. The van der Waals surface area contributed by atoms with E-state index < -0.39 is 0 Å². The quantitative estimate of drug-likeness (QED) is 0.870. The van der Waals surface area contributed by atoms with E-state index in [0.717, 1.165) is 0 Å². The molecule has 0 bridgehead atoms. The van der Waals surface area contributed by atoms with Crippen molar-refractivity contribution in [3.63, 3.8) is 0 Å². The van der Waals surface area contributed by atoms with Gasteiger partial charge in [0.15, 0.2) is 0 Å². The highest BCUT2D eigenvalue weighted by molar-refractivity contribution is 5.25. The number of nitrogens with zero attached hydrogens (tertiary/aromatic N) is 1. The molecule has 0 aliphatic carbocycles. The van der Waals surface area contributed by atoms with Crippen molar-refractivity contribution < 1.29 is 4.39 Å². The van der Waals surface area contributed by atoms with Crippen molar-refractivity contribution in [1.82, 2.24) is 9.78 Å². The van der Waals surface area contributed by atoms with E-state index in [1.165, 1.54) is 10.7 Å². The molecule has 2 aromatic rings. The largest absolute Gasteiger partial charge is 0.326 e. The molecule has 5 nitrogen and oxygen atoms in total. The lowest BCUT2D eigenvalue weighted by Gasteiger charge is -2.09. The molecule has 0 unspecified atom stereocenters. The van der Waals surface area contributed by atoms with Crippen molar-refractivity contribution in [3.05, 3.63) is 67.0 Å². The van der Waals surface area contributed by atoms with E-state index in [1.807, 2.05) is 0 Å². The van der Waals surface area contributed by atoms with Crippen molar-refractivity contribution in [1.29, 1.82) is 0 Å². The summed E-state index contributed by atoms with van der Waals surface area (Å²) in [6.07, 6.45) is 0. The Kier molecular flexibility index (Phi) is 3.85. The Balaban J connectivity index is 2.45. The number of nitrogens with one attached hydrogen (secondary N) is 1. The standard InChI is InChI=1S/C14H16FN3O2/c1-8-9(2)14(20)18(17-13(8)19)7-10-3-4-12(15)11(5-10)6-16/h3-5H,6-7,16H2,1-2H3,(H,17,19). The van der Waals surface area contributed by atoms with Crippen molar-refractivity contribution in [2.24, 2.45) is 5.73 Å². The third-order valence-corrected chi connectivity index (χ3v) is 3.38. The minimum absolute atomic E-state index is 0.0814. The van der Waals surface area contributed by atoms with Crippen LogP contribution in [0.3, 0.4) is 0 Å². The van der Waals surface area contributed by atoms with Gasteiger partial charge >= 0.3 is 0 Å². The van der Waals surface area contributed by atoms with E-state index in [4.69, 9.17) is 5.73 Å². The van der Waals surface area contributed by atoms with Gasteiger partial charge in [-0.05, 0) is 31.5 Å². The van der Waals surface area contributed by atoms with Crippen LogP contribution in [0.5, 0.6) is 0 Å². The van der Waals surface area contributed by atoms with E-state index in [2.05, 4.69) is 5.10 Å². The highest BCUT2D eigenvalue weighted by Gasteiger charge is 2.08. The zero-order chi connectivity index (χ0) is 14.9. The first kappa shape index (κ1) is 14.2. The number of H-pyrrole nitrogens is 1. The van der Waals surface area contributed by atoms with E-state index in [0.29, 0.717) is 22.3 Å². The normalized spacial score (nSPS) is 10.8. The first-order valence-corrected chi connectivity index (χ1v) is 6.21. The molecule has 0 aliphatic rings. The van der Waals surface area contributed by atoms with Gasteiger partial charge in [-0.3, -0.25) is 14.7 Å². The molecule has 106 valence electrons. The van der Waals surface area contributed by atoms with Crippen LogP contribution < -0.4 is 16.9 Å². The first-order valence-electron chi connectivity index (χ1n) is 6.21. The third kappa shape index (κ3) is 2.55. The Morgan fingerprint density at radius 2 is 1.95 bits per heavy atom. The monoisotopic (exact) mass is 277 g/mol. The molecule has 6 heteroatoms. The summed E-state index contributed by atoms with van der Waals surface area (Å²) in [5.74, 6) is -0.378. The smallest absolute Gasteiger partial charge is 0.268 e. The number of nitrogens with two attached hydrogens (primary N) is 1. The van der Waals surface area contributed by atoms with Gasteiger partial charge in [0, 0.05) is 23.2 Å². The van der Waals surface area contributed by atoms with Gasteiger partial charge in [0.05, 0.1) is 6.54 Å². The van der Waals surface area contributed by atoms with Gasteiger partial charge in [-0.15, -0.1) is 0 Å². The summed E-state index contributed by atoms with van der Waals surface area (Å²) in [5.41, 5.74) is 6.78. The lowest BCUT2D eigenvalue weighted by molar-refractivity contribution is 0.599. The van der Waals surface area contributed by atoms with Gasteiger partial charge in [0.1, 0.15) is 5.82 Å². The zero-order valence-corrected chi connectivity index (χ0v) is 11.4. The molecular weight excluding hydrogens is 261 g/mol. The SMILES string of the molecule is Cc1c(C)c(=O)n(Cc2ccc(F)c(CN)c2)[nH]c1=O. The maximum atomic E-state index is 13.4. The van der Waals surface area contributed by atoms with E-state index in [9.17, 15) is 14.0 Å². The van der Waals surface area contributed by atoms with Crippen LogP contribution >= 0.6 is 0 Å². The molecule has 0 saturated carbocycles. The minimum atomic E-state index is -0.378. The highest BCUT2D eigenvalue weighted by Crippen LogP contribution is 2.10. The second-order valence-electron chi connectivity index (χ2n) is 4.71. The summed E-state index contributed by atoms with van der Waals surface area (Å²) >= 11 is 0. The number of rotatable bonds is 3. The molecule has 0 saturated heterocycles. The lowest BCUT2D eigenvalue weighted by atomic mass is 10.1. The molecule has 3 N–H and O–H groups in total. The Morgan fingerprint density at radius 3 is 2.60 bits per heavy atom. The van der Waals surface area contributed by atoms with Gasteiger partial charge in [-0.1, -0.05) is 6.07 Å². The molecule has 1 aromatic carbocycles. The number of aromatic nitrogens is 2. The molecule has 1 aromatic heterocycles. The predicted molar refractivity (Wildman–Crippen MR) is 74.2 cm³/mol. The third-order valence-electron chi connectivity index (χ3n) is 3.38. The summed E-state index contributed by atoms with van der Waals surface area (Å²) in [6, 6.07) is 4.46. The van der Waals surface area contributed by atoms with Crippen LogP contribution in [0, 0.1) is 19.7 Å². The average molecular weight is 277 g/mol. The summed E-state index contributed by atoms with van der Waals surface area (Å²) < 4.78 is 14.6. The molecule has 1 heterocycles. The van der Waals surface area contributed by atoms with Crippen molar-refractivity contribution in [2.45, 2.75) is 26.9 Å². The molecule has 0 radical (unpaired) electrons. The predicted octanol–water partition coefficient (Wildman–Crippen LogP) is 0.800. The second-order valence-corrected chi connectivity index (χ2v) is 4.71. The van der Waals surface area contributed by atoms with Crippen LogP contribution in [0.1, 0.15) is 22.3 Å². The molecular formula is C14H16FN3O2. The summed E-state index contributed by atoms with van der Waals surface area (Å²) in [4.78, 5) is 23.7. The fourth-order valence-electron chi connectivity index (χ4n) is 1.97. The number of aromatic amines is 1. The van der Waals surface area contributed by atoms with Crippen LogP contribution in [0.2, 0.25) is 0 Å². The van der Waals surface area contributed by atoms with Gasteiger partial charge < -0.3 is 5.73 Å². The van der Waals surface area contributed by atoms with Gasteiger partial charge in [-0.2, -0.15) is 0 Å². The summed E-state index contributed by atoms with van der Waals surface area (Å²) in [7, 11) is 0. The van der Waals surface area contributed by atoms with E-state index >= 15 is 0 Å². The van der Waals surface area contributed by atoms with Crippen molar-refractivity contribution >= 4 is 0 Å². The van der Waals surface area contributed by atoms with Crippen LogP contribution in [0.15, 0.2) is 27.8 Å². The Hall–Kier alpha value is -2.21. The Morgan fingerprint density at radius 1 is 1.25 bits per heavy atom. The van der Waals surface area contributed by atoms with E-state index in [1.54, 1.807) is 26.0 Å². The highest BCUT2D eigenvalue weighted by atomic mass is 19.1. The zero-order valence-electron chi connectivity index (χ0n) is 11.4. The maximum absolute atomic E-state index is 13.4. The Labute approximate surface area is 114 Å². The topological polar surface area (TPSA) is 80.9 Å². The number of hydrogen-bond donors (Lipinski definition) is 2. The van der Waals surface area contributed by atoms with Gasteiger partial charge in [0.25, 0.3) is 11.1 Å². The molecule has 0 atom stereocenters. The molecule has 0 spiro atoms. The summed E-state index contributed by atoms with van der Waals surface area (Å²) in [5, 5.41) is 2.51. The Bertz CT molecular complexity index is 762. The number of hydrogen-bond acceptors (Lipinski definition) is 3. The first-order chi connectivity index (χ1) is 9.43. The van der Waals surface area contributed by atoms with Crippen LogP contribution in [-0.4, -0.2) is 9.78 Å². The molecule has 0 fully saturated rings. The lowest BCUT2D eigenvalue weighted by Crippen LogP contribution is -2.33. The number of halogens is 1. The van der Waals surface area contributed by atoms with Gasteiger partial charge in [0.2, 0.25) is 0 Å². The molecule has 0 aliphatic heterocycles. The molecule has 0 amide bonds. The van der Waals surface area contributed by atoms with Crippen LogP contribution in [0.25, 0.3) is 0 Å². The average Bonchev–Trinajstić information content (AvgIpc) is 2.44. The van der Waals surface area contributed by atoms with Crippen molar-refractivity contribution in [2.75, 3.05) is 0 Å². The minimum Gasteiger partial charge on any atom is -0.326 e. The fourth-order valence-corrected chi connectivity index (χ4v) is 1.97. The number of benzene rings is 1. The van der Waals surface area contributed by atoms with Crippen molar-refractivity contribution in [3.8, 4) is 0 Å². The second kappa shape index (κ2) is 5.42. The molecule has 20 heavy (non-hydrogen) atoms. The van der Waals surface area contributed by atoms with Crippen LogP contribution in [0.4, 0.5) is 4.39 Å². The summed E-state index contributed by atoms with van der Waals surface area (Å²) in [6.45, 7) is 3.46. The van der Waals surface area contributed by atoms with Gasteiger partial charge in [-0.25, -0.2) is 9.07 Å².